The molecule has 3 heterocycles. The molecule has 1 saturated heterocycles. The van der Waals surface area contributed by atoms with Crippen molar-refractivity contribution in [3.05, 3.63) is 30.2 Å². The highest BCUT2D eigenvalue weighted by molar-refractivity contribution is 5.80. The first-order valence-electron chi connectivity index (χ1n) is 10.7. The largest absolute Gasteiger partial charge is 0.444 e. The molecule has 0 radical (unpaired) electrons. The van der Waals surface area contributed by atoms with Crippen LogP contribution in [0, 0.1) is 0 Å². The molecule has 9 heteroatoms. The average Bonchev–Trinajstić information content (AvgIpc) is 3.10. The molecule has 3 rings (SSSR count). The van der Waals surface area contributed by atoms with E-state index < -0.39 is 5.60 Å². The molecule has 30 heavy (non-hydrogen) atoms. The minimum Gasteiger partial charge on any atom is -0.444 e. The molecule has 0 saturated carbocycles. The summed E-state index contributed by atoms with van der Waals surface area (Å²) in [4.78, 5) is 18.9. The van der Waals surface area contributed by atoms with E-state index in [9.17, 15) is 4.79 Å². The van der Waals surface area contributed by atoms with Crippen LogP contribution in [0.2, 0.25) is 0 Å². The molecule has 1 atom stereocenters. The Morgan fingerprint density at radius 2 is 2.17 bits per heavy atom. The van der Waals surface area contributed by atoms with Gasteiger partial charge in [-0.15, -0.1) is 10.2 Å². The number of amides is 1. The molecule has 0 spiro atoms. The summed E-state index contributed by atoms with van der Waals surface area (Å²) < 4.78 is 7.50. The van der Waals surface area contributed by atoms with Crippen molar-refractivity contribution in [1.82, 2.24) is 30.1 Å². The summed E-state index contributed by atoms with van der Waals surface area (Å²) in [5.41, 5.74) is 0.352. The number of hydrogen-bond donors (Lipinski definition) is 2. The lowest BCUT2D eigenvalue weighted by Crippen LogP contribution is -2.53. The predicted molar refractivity (Wildman–Crippen MR) is 117 cm³/mol. The first-order chi connectivity index (χ1) is 14.4. The number of piperidine rings is 1. The summed E-state index contributed by atoms with van der Waals surface area (Å²) >= 11 is 0. The van der Waals surface area contributed by atoms with E-state index in [1.165, 1.54) is 0 Å². The lowest BCUT2D eigenvalue weighted by Gasteiger charge is -2.35. The van der Waals surface area contributed by atoms with Crippen LogP contribution in [0.5, 0.6) is 0 Å². The van der Waals surface area contributed by atoms with Gasteiger partial charge >= 0.3 is 6.09 Å². The standard InChI is InChI=1S/C21H33N7O2/c1-5-22-19(23-12-11-18-26-25-17-10-6-7-14-28(17)18)24-16-9-8-13-27(15-16)20(29)30-21(2,3)4/h6-7,10,14,16H,5,8-9,11-13,15H2,1-4H3,(H2,22,23,24). The summed E-state index contributed by atoms with van der Waals surface area (Å²) in [5.74, 6) is 1.64. The molecule has 1 aliphatic rings. The van der Waals surface area contributed by atoms with Gasteiger partial charge in [0.15, 0.2) is 11.6 Å². The van der Waals surface area contributed by atoms with Crippen LogP contribution in [0.4, 0.5) is 4.79 Å². The monoisotopic (exact) mass is 415 g/mol. The molecule has 2 aromatic rings. The Morgan fingerprint density at radius 1 is 1.33 bits per heavy atom. The molecule has 2 N–H and O–H groups in total. The highest BCUT2D eigenvalue weighted by Gasteiger charge is 2.28. The second kappa shape index (κ2) is 9.77. The smallest absolute Gasteiger partial charge is 0.410 e. The van der Waals surface area contributed by atoms with Crippen molar-refractivity contribution < 1.29 is 9.53 Å². The van der Waals surface area contributed by atoms with Crippen molar-refractivity contribution in [3.8, 4) is 0 Å². The maximum Gasteiger partial charge on any atom is 0.410 e. The highest BCUT2D eigenvalue weighted by atomic mass is 16.6. The predicted octanol–water partition coefficient (Wildman–Crippen LogP) is 2.23. The fraction of sp³-hybridized carbons (Fsp3) is 0.619. The van der Waals surface area contributed by atoms with Crippen LogP contribution in [0.1, 0.15) is 46.4 Å². The van der Waals surface area contributed by atoms with Crippen molar-refractivity contribution >= 4 is 17.7 Å². The maximum absolute atomic E-state index is 12.4. The van der Waals surface area contributed by atoms with Gasteiger partial charge in [0.25, 0.3) is 0 Å². The number of pyridine rings is 1. The molecular weight excluding hydrogens is 382 g/mol. The zero-order valence-corrected chi connectivity index (χ0v) is 18.4. The van der Waals surface area contributed by atoms with Crippen LogP contribution in [-0.2, 0) is 11.2 Å². The van der Waals surface area contributed by atoms with Gasteiger partial charge in [-0.2, -0.15) is 0 Å². The number of hydrogen-bond acceptors (Lipinski definition) is 5. The summed E-state index contributed by atoms with van der Waals surface area (Å²) in [6, 6.07) is 5.99. The number of carbonyl (C=O) groups excluding carboxylic acids is 1. The number of carbonyl (C=O) groups is 1. The minimum absolute atomic E-state index is 0.137. The highest BCUT2D eigenvalue weighted by Crippen LogP contribution is 2.15. The third kappa shape index (κ3) is 6.08. The summed E-state index contributed by atoms with van der Waals surface area (Å²) in [6.07, 6.45) is 4.32. The van der Waals surface area contributed by atoms with E-state index in [-0.39, 0.29) is 12.1 Å². The number of likely N-dealkylation sites (tertiary alicyclic amines) is 1. The quantitative estimate of drug-likeness (QED) is 0.574. The molecule has 1 unspecified atom stereocenters. The Bertz CT molecular complexity index is 872. The van der Waals surface area contributed by atoms with Gasteiger partial charge in [0.1, 0.15) is 11.4 Å². The fourth-order valence-corrected chi connectivity index (χ4v) is 3.43. The number of nitrogens with zero attached hydrogens (tertiary/aromatic N) is 5. The molecular formula is C21H33N7O2. The van der Waals surface area contributed by atoms with Crippen LogP contribution in [0.3, 0.4) is 0 Å². The van der Waals surface area contributed by atoms with Gasteiger partial charge in [0.05, 0.1) is 0 Å². The molecule has 9 nitrogen and oxygen atoms in total. The number of ether oxygens (including phenoxy) is 1. The number of guanidine groups is 1. The van der Waals surface area contributed by atoms with Gasteiger partial charge in [-0.25, -0.2) is 4.79 Å². The molecule has 164 valence electrons. The molecule has 1 aliphatic heterocycles. The molecule has 1 fully saturated rings. The second-order valence-corrected chi connectivity index (χ2v) is 8.47. The average molecular weight is 416 g/mol. The molecule has 0 aromatic carbocycles. The van der Waals surface area contributed by atoms with E-state index in [2.05, 4.69) is 20.8 Å². The van der Waals surface area contributed by atoms with Crippen LogP contribution in [0.25, 0.3) is 5.65 Å². The van der Waals surface area contributed by atoms with E-state index in [0.29, 0.717) is 19.5 Å². The first kappa shape index (κ1) is 21.9. The Morgan fingerprint density at radius 3 is 2.93 bits per heavy atom. The molecule has 2 aromatic heterocycles. The number of aromatic nitrogens is 3. The summed E-state index contributed by atoms with van der Waals surface area (Å²) in [5, 5.41) is 15.2. The number of nitrogens with one attached hydrogen (secondary N) is 2. The van der Waals surface area contributed by atoms with Gasteiger partial charge in [-0.1, -0.05) is 6.07 Å². The third-order valence-electron chi connectivity index (χ3n) is 4.75. The van der Waals surface area contributed by atoms with Gasteiger partial charge in [0, 0.05) is 44.8 Å². The lowest BCUT2D eigenvalue weighted by molar-refractivity contribution is 0.0193. The van der Waals surface area contributed by atoms with Crippen molar-refractivity contribution in [2.24, 2.45) is 4.99 Å². The zero-order chi connectivity index (χ0) is 21.6. The number of rotatable bonds is 5. The number of fused-ring (bicyclic) bond motifs is 1. The van der Waals surface area contributed by atoms with Crippen LogP contribution >= 0.6 is 0 Å². The maximum atomic E-state index is 12.4. The van der Waals surface area contributed by atoms with E-state index >= 15 is 0 Å². The SMILES string of the molecule is CCNC(=NCCc1nnc2ccccn12)NC1CCCN(C(=O)OC(C)(C)C)C1. The van der Waals surface area contributed by atoms with Crippen LogP contribution in [0.15, 0.2) is 29.4 Å². The zero-order valence-electron chi connectivity index (χ0n) is 18.4. The van der Waals surface area contributed by atoms with Crippen LogP contribution < -0.4 is 10.6 Å². The Labute approximate surface area is 177 Å². The lowest BCUT2D eigenvalue weighted by atomic mass is 10.1. The molecule has 1 amide bonds. The minimum atomic E-state index is -0.486. The van der Waals surface area contributed by atoms with E-state index in [0.717, 1.165) is 43.4 Å². The molecule has 0 aliphatic carbocycles. The first-order valence-corrected chi connectivity index (χ1v) is 10.7. The number of aliphatic imine (C=N–C) groups is 1. The summed E-state index contributed by atoms with van der Waals surface area (Å²) in [6.45, 7) is 10.4. The van der Waals surface area contributed by atoms with E-state index in [4.69, 9.17) is 9.73 Å². The molecule has 0 bridgehead atoms. The van der Waals surface area contributed by atoms with Crippen molar-refractivity contribution in [1.29, 1.82) is 0 Å². The van der Waals surface area contributed by atoms with Gasteiger partial charge in [-0.05, 0) is 52.7 Å². The second-order valence-electron chi connectivity index (χ2n) is 8.47. The normalized spacial score (nSPS) is 17.8. The topological polar surface area (TPSA) is 96.1 Å². The van der Waals surface area contributed by atoms with E-state index in [1.807, 2.05) is 56.5 Å². The van der Waals surface area contributed by atoms with E-state index in [1.54, 1.807) is 4.90 Å². The third-order valence-corrected chi connectivity index (χ3v) is 4.75. The fourth-order valence-electron chi connectivity index (χ4n) is 3.43. The van der Waals surface area contributed by atoms with Gasteiger partial charge < -0.3 is 20.3 Å². The Kier molecular flexibility index (Phi) is 7.12. The Hall–Kier alpha value is -2.84. The van der Waals surface area contributed by atoms with Crippen molar-refractivity contribution in [2.75, 3.05) is 26.2 Å². The van der Waals surface area contributed by atoms with Crippen molar-refractivity contribution in [2.45, 2.75) is 58.6 Å². The Balaban J connectivity index is 1.57. The van der Waals surface area contributed by atoms with Gasteiger partial charge in [0.2, 0.25) is 0 Å². The summed E-state index contributed by atoms with van der Waals surface area (Å²) in [7, 11) is 0. The van der Waals surface area contributed by atoms with Gasteiger partial charge in [-0.3, -0.25) is 9.39 Å². The van der Waals surface area contributed by atoms with Crippen molar-refractivity contribution in [3.63, 3.8) is 0 Å². The van der Waals surface area contributed by atoms with Crippen LogP contribution in [-0.4, -0.2) is 69.4 Å².